The van der Waals surface area contributed by atoms with Crippen molar-refractivity contribution in [3.63, 3.8) is 0 Å². The summed E-state index contributed by atoms with van der Waals surface area (Å²) in [4.78, 5) is 15.8. The molecule has 0 aliphatic heterocycles. The van der Waals surface area contributed by atoms with Gasteiger partial charge in [0.1, 0.15) is 5.15 Å². The molecular formula is C18H28ClNO. The number of Topliss-reactive ketones (excluding diaryl/α,β-unsaturated/α-hetero) is 1. The molecule has 3 heteroatoms. The van der Waals surface area contributed by atoms with Gasteiger partial charge in [-0.2, -0.15) is 0 Å². The van der Waals surface area contributed by atoms with E-state index in [4.69, 9.17) is 11.6 Å². The quantitative estimate of drug-likeness (QED) is 0.260. The van der Waals surface area contributed by atoms with Crippen molar-refractivity contribution in [3.05, 3.63) is 29.0 Å². The second kappa shape index (κ2) is 11.7. The number of hydrogen-bond donors (Lipinski definition) is 0. The summed E-state index contributed by atoms with van der Waals surface area (Å²) in [6.07, 6.45) is 15.1. The van der Waals surface area contributed by atoms with Crippen LogP contribution < -0.4 is 0 Å². The van der Waals surface area contributed by atoms with Crippen molar-refractivity contribution in [1.29, 1.82) is 0 Å². The van der Waals surface area contributed by atoms with E-state index in [-0.39, 0.29) is 5.78 Å². The summed E-state index contributed by atoms with van der Waals surface area (Å²) in [5, 5.41) is 0.393. The van der Waals surface area contributed by atoms with Crippen molar-refractivity contribution in [1.82, 2.24) is 4.98 Å². The highest BCUT2D eigenvalue weighted by Crippen LogP contribution is 2.14. The summed E-state index contributed by atoms with van der Waals surface area (Å²) >= 11 is 5.79. The number of nitrogens with zero attached hydrogens (tertiary/aromatic N) is 1. The molecule has 0 amide bonds. The minimum absolute atomic E-state index is 0.180. The number of carbonyl (C=O) groups is 1. The minimum atomic E-state index is 0.180. The fraction of sp³-hybridized carbons (Fsp3) is 0.667. The molecule has 0 bridgehead atoms. The van der Waals surface area contributed by atoms with E-state index in [2.05, 4.69) is 11.9 Å². The highest BCUT2D eigenvalue weighted by atomic mass is 35.5. The van der Waals surface area contributed by atoms with Gasteiger partial charge >= 0.3 is 0 Å². The van der Waals surface area contributed by atoms with Crippen LogP contribution in [0, 0.1) is 0 Å². The van der Waals surface area contributed by atoms with Gasteiger partial charge in [-0.1, -0.05) is 76.3 Å². The zero-order chi connectivity index (χ0) is 15.3. The van der Waals surface area contributed by atoms with Gasteiger partial charge in [-0.3, -0.25) is 4.79 Å². The van der Waals surface area contributed by atoms with Gasteiger partial charge in [0.2, 0.25) is 0 Å². The summed E-state index contributed by atoms with van der Waals surface area (Å²) in [5.41, 5.74) is 0.686. The molecule has 0 aliphatic carbocycles. The maximum atomic E-state index is 11.9. The number of unbranched alkanes of at least 4 members (excludes halogenated alkanes) is 9. The second-order valence-electron chi connectivity index (χ2n) is 5.72. The van der Waals surface area contributed by atoms with Crippen molar-refractivity contribution < 1.29 is 4.79 Å². The number of hydrogen-bond acceptors (Lipinski definition) is 2. The van der Waals surface area contributed by atoms with Gasteiger partial charge in [-0.15, -0.1) is 0 Å². The van der Waals surface area contributed by atoms with Gasteiger partial charge in [0.25, 0.3) is 0 Å². The smallest absolute Gasteiger partial charge is 0.163 e. The maximum absolute atomic E-state index is 11.9. The zero-order valence-electron chi connectivity index (χ0n) is 13.2. The minimum Gasteiger partial charge on any atom is -0.294 e. The third kappa shape index (κ3) is 8.87. The first kappa shape index (κ1) is 18.2. The molecule has 0 aliphatic rings. The summed E-state index contributed by atoms with van der Waals surface area (Å²) in [5.74, 6) is 0.180. The molecule has 0 radical (unpaired) electrons. The molecule has 1 heterocycles. The Labute approximate surface area is 134 Å². The number of halogens is 1. The van der Waals surface area contributed by atoms with Crippen LogP contribution in [0.4, 0.5) is 0 Å². The van der Waals surface area contributed by atoms with E-state index in [0.29, 0.717) is 17.1 Å². The Morgan fingerprint density at radius 3 is 2.14 bits per heavy atom. The molecule has 1 rings (SSSR count). The van der Waals surface area contributed by atoms with E-state index >= 15 is 0 Å². The van der Waals surface area contributed by atoms with Gasteiger partial charge in [0, 0.05) is 18.2 Å². The van der Waals surface area contributed by atoms with Crippen LogP contribution in [0.1, 0.15) is 87.9 Å². The third-order valence-electron chi connectivity index (χ3n) is 3.81. The lowest BCUT2D eigenvalue weighted by Crippen LogP contribution is -1.99. The van der Waals surface area contributed by atoms with Gasteiger partial charge in [0.15, 0.2) is 5.78 Å². The fourth-order valence-corrected chi connectivity index (χ4v) is 2.67. The predicted molar refractivity (Wildman–Crippen MR) is 90.0 cm³/mol. The van der Waals surface area contributed by atoms with Crippen molar-refractivity contribution in [3.8, 4) is 0 Å². The molecule has 1 aromatic heterocycles. The monoisotopic (exact) mass is 309 g/mol. The van der Waals surface area contributed by atoms with E-state index in [1.165, 1.54) is 51.4 Å². The van der Waals surface area contributed by atoms with Crippen LogP contribution in [0.3, 0.4) is 0 Å². The molecule has 0 saturated heterocycles. The maximum Gasteiger partial charge on any atom is 0.163 e. The first-order valence-electron chi connectivity index (χ1n) is 8.38. The number of rotatable bonds is 12. The Balaban J connectivity index is 1.98. The fourth-order valence-electron chi connectivity index (χ4n) is 2.49. The van der Waals surface area contributed by atoms with Crippen molar-refractivity contribution in [2.45, 2.75) is 77.6 Å². The topological polar surface area (TPSA) is 30.0 Å². The van der Waals surface area contributed by atoms with E-state index < -0.39 is 0 Å². The molecule has 1 aromatic rings. The van der Waals surface area contributed by atoms with Crippen molar-refractivity contribution in [2.75, 3.05) is 0 Å². The Hall–Kier alpha value is -0.890. The molecule has 0 fully saturated rings. The van der Waals surface area contributed by atoms with Gasteiger partial charge in [0.05, 0.1) is 0 Å². The SMILES string of the molecule is CCCCCCCCCCCCC(=O)c1ccnc(Cl)c1. The van der Waals surface area contributed by atoms with E-state index in [1.807, 2.05) is 0 Å². The van der Waals surface area contributed by atoms with Crippen LogP contribution in [0.5, 0.6) is 0 Å². The summed E-state index contributed by atoms with van der Waals surface area (Å²) in [6.45, 7) is 2.25. The van der Waals surface area contributed by atoms with E-state index in [9.17, 15) is 4.79 Å². The normalized spacial score (nSPS) is 10.8. The molecule has 0 atom stereocenters. The average Bonchev–Trinajstić information content (AvgIpc) is 2.49. The van der Waals surface area contributed by atoms with Crippen LogP contribution in [0.25, 0.3) is 0 Å². The van der Waals surface area contributed by atoms with Gasteiger partial charge in [-0.25, -0.2) is 4.98 Å². The second-order valence-corrected chi connectivity index (χ2v) is 6.11. The highest BCUT2D eigenvalue weighted by molar-refractivity contribution is 6.29. The lowest BCUT2D eigenvalue weighted by Gasteiger charge is -2.03. The lowest BCUT2D eigenvalue weighted by atomic mass is 10.0. The zero-order valence-corrected chi connectivity index (χ0v) is 14.0. The van der Waals surface area contributed by atoms with Gasteiger partial charge in [-0.05, 0) is 18.6 Å². The summed E-state index contributed by atoms with van der Waals surface area (Å²) < 4.78 is 0. The van der Waals surface area contributed by atoms with Gasteiger partial charge < -0.3 is 0 Å². The lowest BCUT2D eigenvalue weighted by molar-refractivity contribution is 0.0979. The molecule has 118 valence electrons. The van der Waals surface area contributed by atoms with Crippen LogP contribution >= 0.6 is 11.6 Å². The van der Waals surface area contributed by atoms with E-state index in [1.54, 1.807) is 18.3 Å². The highest BCUT2D eigenvalue weighted by Gasteiger charge is 2.06. The molecule has 2 nitrogen and oxygen atoms in total. The van der Waals surface area contributed by atoms with Crippen molar-refractivity contribution >= 4 is 17.4 Å². The molecule has 0 aromatic carbocycles. The first-order chi connectivity index (χ1) is 10.2. The Kier molecular flexibility index (Phi) is 10.1. The molecule has 0 spiro atoms. The number of carbonyl (C=O) groups excluding carboxylic acids is 1. The standard InChI is InChI=1S/C18H28ClNO/c1-2-3-4-5-6-7-8-9-10-11-12-17(21)16-13-14-20-18(19)15-16/h13-15H,2-12H2,1H3. The first-order valence-corrected chi connectivity index (χ1v) is 8.76. The molecule has 21 heavy (non-hydrogen) atoms. The van der Waals surface area contributed by atoms with Crippen LogP contribution in [-0.2, 0) is 0 Å². The van der Waals surface area contributed by atoms with Crippen LogP contribution in [0.2, 0.25) is 5.15 Å². The Bertz CT molecular complexity index is 406. The predicted octanol–water partition coefficient (Wildman–Crippen LogP) is 6.23. The Morgan fingerprint density at radius 2 is 1.57 bits per heavy atom. The Morgan fingerprint density at radius 1 is 1.00 bits per heavy atom. The molecule has 0 N–H and O–H groups in total. The number of aromatic nitrogens is 1. The van der Waals surface area contributed by atoms with E-state index in [0.717, 1.165) is 12.8 Å². The molecule has 0 saturated carbocycles. The van der Waals surface area contributed by atoms with Crippen LogP contribution in [-0.4, -0.2) is 10.8 Å². The third-order valence-corrected chi connectivity index (χ3v) is 4.01. The van der Waals surface area contributed by atoms with Crippen LogP contribution in [0.15, 0.2) is 18.3 Å². The van der Waals surface area contributed by atoms with Crippen molar-refractivity contribution in [2.24, 2.45) is 0 Å². The number of pyridine rings is 1. The summed E-state index contributed by atoms with van der Waals surface area (Å²) in [7, 11) is 0. The molecular weight excluding hydrogens is 282 g/mol. The number of ketones is 1. The average molecular weight is 310 g/mol. The summed E-state index contributed by atoms with van der Waals surface area (Å²) in [6, 6.07) is 3.39. The largest absolute Gasteiger partial charge is 0.294 e. The molecule has 0 unspecified atom stereocenters.